The first-order valence-corrected chi connectivity index (χ1v) is 11.1. The van der Waals surface area contributed by atoms with Crippen LogP contribution in [0.2, 0.25) is 5.02 Å². The van der Waals surface area contributed by atoms with E-state index in [0.29, 0.717) is 35.5 Å². The second kappa shape index (κ2) is 8.64. The number of halogens is 1. The lowest BCUT2D eigenvalue weighted by Crippen LogP contribution is -2.42. The summed E-state index contributed by atoms with van der Waals surface area (Å²) < 4.78 is 32.6. The number of carbonyl (C=O) groups is 1. The van der Waals surface area contributed by atoms with Crippen molar-refractivity contribution in [2.75, 3.05) is 13.1 Å². The Morgan fingerprint density at radius 2 is 1.61 bits per heavy atom. The van der Waals surface area contributed by atoms with Crippen molar-refractivity contribution < 1.29 is 17.9 Å². The highest BCUT2D eigenvalue weighted by molar-refractivity contribution is 7.89. The number of hydrogen-bond donors (Lipinski definition) is 0. The number of sulfonamides is 1. The van der Waals surface area contributed by atoms with Crippen molar-refractivity contribution in [1.82, 2.24) is 4.31 Å². The van der Waals surface area contributed by atoms with Gasteiger partial charge in [-0.15, -0.1) is 0 Å². The standard InChI is InChI=1S/C21H24ClNO4S/c1-15-11-16(2)13-23(12-15)28(25,26)20-9-5-18(6-10-20)21(24)27-14-17-3-7-19(22)8-4-17/h3-10,15-16H,11-14H2,1-2H3/t15-,16-/m0/s1. The minimum atomic E-state index is -3.56. The van der Waals surface area contributed by atoms with Crippen molar-refractivity contribution in [3.05, 3.63) is 64.7 Å². The number of ether oxygens (including phenoxy) is 1. The van der Waals surface area contributed by atoms with E-state index < -0.39 is 16.0 Å². The predicted octanol–water partition coefficient (Wildman–Crippen LogP) is 4.36. The van der Waals surface area contributed by atoms with Gasteiger partial charge in [0.25, 0.3) is 0 Å². The van der Waals surface area contributed by atoms with Gasteiger partial charge in [-0.05, 0) is 60.2 Å². The molecule has 0 bridgehead atoms. The Balaban J connectivity index is 1.66. The Morgan fingerprint density at radius 3 is 2.18 bits per heavy atom. The van der Waals surface area contributed by atoms with Gasteiger partial charge in [-0.3, -0.25) is 0 Å². The summed E-state index contributed by atoms with van der Waals surface area (Å²) in [4.78, 5) is 12.4. The van der Waals surface area contributed by atoms with Crippen molar-refractivity contribution in [3.63, 3.8) is 0 Å². The number of nitrogens with zero attached hydrogens (tertiary/aromatic N) is 1. The Hall–Kier alpha value is -1.89. The molecule has 0 saturated carbocycles. The zero-order valence-electron chi connectivity index (χ0n) is 16.0. The van der Waals surface area contributed by atoms with Crippen LogP contribution in [0.1, 0.15) is 36.2 Å². The van der Waals surface area contributed by atoms with Crippen molar-refractivity contribution in [1.29, 1.82) is 0 Å². The number of carbonyl (C=O) groups excluding carboxylic acids is 1. The van der Waals surface area contributed by atoms with E-state index in [2.05, 4.69) is 13.8 Å². The highest BCUT2D eigenvalue weighted by Crippen LogP contribution is 2.26. The van der Waals surface area contributed by atoms with Crippen LogP contribution >= 0.6 is 11.6 Å². The lowest BCUT2D eigenvalue weighted by molar-refractivity contribution is 0.0472. The van der Waals surface area contributed by atoms with Gasteiger partial charge in [0.1, 0.15) is 6.61 Å². The SMILES string of the molecule is C[C@H]1C[C@H](C)CN(S(=O)(=O)c2ccc(C(=O)OCc3ccc(Cl)cc3)cc2)C1. The van der Waals surface area contributed by atoms with E-state index >= 15 is 0 Å². The molecule has 1 aliphatic rings. The molecular formula is C21H24ClNO4S. The van der Waals surface area contributed by atoms with Crippen LogP contribution in [-0.4, -0.2) is 31.8 Å². The second-order valence-corrected chi connectivity index (χ2v) is 9.87. The fourth-order valence-electron chi connectivity index (χ4n) is 3.53. The lowest BCUT2D eigenvalue weighted by Gasteiger charge is -2.34. The highest BCUT2D eigenvalue weighted by atomic mass is 35.5. The van der Waals surface area contributed by atoms with Crippen LogP contribution in [0.15, 0.2) is 53.4 Å². The van der Waals surface area contributed by atoms with Gasteiger partial charge in [-0.25, -0.2) is 13.2 Å². The van der Waals surface area contributed by atoms with Crippen LogP contribution in [0.5, 0.6) is 0 Å². The van der Waals surface area contributed by atoms with Gasteiger partial charge >= 0.3 is 5.97 Å². The lowest BCUT2D eigenvalue weighted by atomic mass is 9.94. The Morgan fingerprint density at radius 1 is 1.04 bits per heavy atom. The molecule has 5 nitrogen and oxygen atoms in total. The van der Waals surface area contributed by atoms with Crippen LogP contribution < -0.4 is 0 Å². The van der Waals surface area contributed by atoms with E-state index in [-0.39, 0.29) is 11.5 Å². The fourth-order valence-corrected chi connectivity index (χ4v) is 5.33. The molecule has 1 aliphatic heterocycles. The highest BCUT2D eigenvalue weighted by Gasteiger charge is 2.31. The maximum Gasteiger partial charge on any atom is 0.338 e. The third-order valence-corrected chi connectivity index (χ3v) is 6.94. The van der Waals surface area contributed by atoms with Crippen molar-refractivity contribution >= 4 is 27.6 Å². The van der Waals surface area contributed by atoms with Gasteiger partial charge in [0, 0.05) is 18.1 Å². The second-order valence-electron chi connectivity index (χ2n) is 7.50. The molecule has 1 saturated heterocycles. The Labute approximate surface area is 171 Å². The molecular weight excluding hydrogens is 398 g/mol. The average molecular weight is 422 g/mol. The molecule has 0 unspecified atom stereocenters. The zero-order chi connectivity index (χ0) is 20.3. The largest absolute Gasteiger partial charge is 0.457 e. The summed E-state index contributed by atoms with van der Waals surface area (Å²) in [6.07, 6.45) is 1.03. The fraction of sp³-hybridized carbons (Fsp3) is 0.381. The maximum atomic E-state index is 12.9. The molecule has 0 aliphatic carbocycles. The van der Waals surface area contributed by atoms with Gasteiger partial charge in [0.05, 0.1) is 10.5 Å². The average Bonchev–Trinajstić information content (AvgIpc) is 2.66. The van der Waals surface area contributed by atoms with Gasteiger partial charge < -0.3 is 4.74 Å². The quantitative estimate of drug-likeness (QED) is 0.672. The van der Waals surface area contributed by atoms with Gasteiger partial charge in [0.15, 0.2) is 0 Å². The molecule has 0 radical (unpaired) electrons. The molecule has 28 heavy (non-hydrogen) atoms. The summed E-state index contributed by atoms with van der Waals surface area (Å²) in [7, 11) is -3.56. The molecule has 3 rings (SSSR count). The van der Waals surface area contributed by atoms with Crippen LogP contribution in [0.25, 0.3) is 0 Å². The van der Waals surface area contributed by atoms with Crippen molar-refractivity contribution in [2.24, 2.45) is 11.8 Å². The Bertz CT molecular complexity index is 916. The third-order valence-electron chi connectivity index (χ3n) is 4.85. The van der Waals surface area contributed by atoms with E-state index in [0.717, 1.165) is 12.0 Å². The summed E-state index contributed by atoms with van der Waals surface area (Å²) in [5, 5.41) is 0.615. The molecule has 0 aromatic heterocycles. The number of piperidine rings is 1. The number of hydrogen-bond acceptors (Lipinski definition) is 4. The molecule has 2 aromatic carbocycles. The maximum absolute atomic E-state index is 12.9. The number of esters is 1. The Kier molecular flexibility index (Phi) is 6.43. The monoisotopic (exact) mass is 421 g/mol. The number of rotatable bonds is 5. The smallest absolute Gasteiger partial charge is 0.338 e. The summed E-state index contributed by atoms with van der Waals surface area (Å²) in [6, 6.07) is 13.0. The summed E-state index contributed by atoms with van der Waals surface area (Å²) in [5.41, 5.74) is 1.14. The van der Waals surface area contributed by atoms with E-state index in [1.807, 2.05) is 0 Å². The molecule has 150 valence electrons. The number of benzene rings is 2. The summed E-state index contributed by atoms with van der Waals surface area (Å²) >= 11 is 5.83. The summed E-state index contributed by atoms with van der Waals surface area (Å²) in [5.74, 6) is 0.167. The third kappa shape index (κ3) is 4.93. The predicted molar refractivity (Wildman–Crippen MR) is 109 cm³/mol. The zero-order valence-corrected chi connectivity index (χ0v) is 17.5. The topological polar surface area (TPSA) is 63.7 Å². The van der Waals surface area contributed by atoms with Gasteiger partial charge in [-0.2, -0.15) is 4.31 Å². The molecule has 7 heteroatoms. The first-order valence-electron chi connectivity index (χ1n) is 9.27. The molecule has 0 amide bonds. The molecule has 1 fully saturated rings. The van der Waals surface area contributed by atoms with Crippen LogP contribution in [0.3, 0.4) is 0 Å². The van der Waals surface area contributed by atoms with E-state index in [1.54, 1.807) is 28.6 Å². The van der Waals surface area contributed by atoms with Gasteiger partial charge in [0.2, 0.25) is 10.0 Å². The normalized spacial score (nSPS) is 20.7. The molecule has 1 heterocycles. The van der Waals surface area contributed by atoms with E-state index in [9.17, 15) is 13.2 Å². The minimum Gasteiger partial charge on any atom is -0.457 e. The summed E-state index contributed by atoms with van der Waals surface area (Å²) in [6.45, 7) is 5.31. The molecule has 2 atom stereocenters. The minimum absolute atomic E-state index is 0.125. The molecule has 2 aromatic rings. The van der Waals surface area contributed by atoms with Crippen LogP contribution in [0, 0.1) is 11.8 Å². The van der Waals surface area contributed by atoms with Gasteiger partial charge in [-0.1, -0.05) is 37.6 Å². The van der Waals surface area contributed by atoms with Crippen LogP contribution in [0.4, 0.5) is 0 Å². The van der Waals surface area contributed by atoms with E-state index in [4.69, 9.17) is 16.3 Å². The van der Waals surface area contributed by atoms with E-state index in [1.165, 1.54) is 24.3 Å². The van der Waals surface area contributed by atoms with Crippen molar-refractivity contribution in [3.8, 4) is 0 Å². The molecule has 0 spiro atoms. The van der Waals surface area contributed by atoms with Crippen LogP contribution in [-0.2, 0) is 21.4 Å². The molecule has 0 N–H and O–H groups in total. The first-order chi connectivity index (χ1) is 13.3. The van der Waals surface area contributed by atoms with Crippen molar-refractivity contribution in [2.45, 2.75) is 31.8 Å². The first kappa shape index (κ1) is 20.8.